The van der Waals surface area contributed by atoms with E-state index < -0.39 is 0 Å². The van der Waals surface area contributed by atoms with Crippen molar-refractivity contribution in [2.24, 2.45) is 5.92 Å². The van der Waals surface area contributed by atoms with Crippen LogP contribution in [0, 0.1) is 5.92 Å². The Morgan fingerprint density at radius 3 is 2.12 bits per heavy atom. The van der Waals surface area contributed by atoms with Gasteiger partial charge < -0.3 is 14.2 Å². The van der Waals surface area contributed by atoms with Crippen molar-refractivity contribution >= 4 is 18.6 Å². The SMILES string of the molecule is CC(C)C(=O)COCCOCCOCCNS. The molecule has 0 amide bonds. The molecule has 102 valence electrons. The molecule has 0 aromatic heterocycles. The Morgan fingerprint density at radius 1 is 1.06 bits per heavy atom. The largest absolute Gasteiger partial charge is 0.378 e. The van der Waals surface area contributed by atoms with E-state index in [2.05, 4.69) is 17.5 Å². The Bertz CT molecular complexity index is 190. The molecule has 1 N–H and O–H groups in total. The second-order valence-corrected chi connectivity index (χ2v) is 4.12. The van der Waals surface area contributed by atoms with E-state index >= 15 is 0 Å². The van der Waals surface area contributed by atoms with Gasteiger partial charge in [0.05, 0.1) is 33.0 Å². The third-order valence-electron chi connectivity index (χ3n) is 1.99. The molecule has 0 aromatic rings. The van der Waals surface area contributed by atoms with Crippen LogP contribution in [0.3, 0.4) is 0 Å². The number of carbonyl (C=O) groups excluding carboxylic acids is 1. The van der Waals surface area contributed by atoms with Gasteiger partial charge in [-0.1, -0.05) is 26.7 Å². The van der Waals surface area contributed by atoms with Gasteiger partial charge >= 0.3 is 0 Å². The summed E-state index contributed by atoms with van der Waals surface area (Å²) in [5.74, 6) is 0.150. The molecule has 0 spiro atoms. The van der Waals surface area contributed by atoms with Crippen molar-refractivity contribution in [3.63, 3.8) is 0 Å². The highest BCUT2D eigenvalue weighted by Gasteiger charge is 2.06. The van der Waals surface area contributed by atoms with Gasteiger partial charge in [-0.25, -0.2) is 0 Å². The lowest BCUT2D eigenvalue weighted by Gasteiger charge is -2.07. The second kappa shape index (κ2) is 12.3. The zero-order valence-corrected chi connectivity index (χ0v) is 11.5. The second-order valence-electron chi connectivity index (χ2n) is 3.81. The summed E-state index contributed by atoms with van der Waals surface area (Å²) in [7, 11) is 0. The number of hydrogen-bond acceptors (Lipinski definition) is 6. The van der Waals surface area contributed by atoms with Crippen molar-refractivity contribution in [1.82, 2.24) is 4.72 Å². The first-order valence-electron chi connectivity index (χ1n) is 5.81. The predicted octanol–water partition coefficient (Wildman–Crippen LogP) is 0.696. The van der Waals surface area contributed by atoms with Crippen LogP contribution in [-0.2, 0) is 19.0 Å². The summed E-state index contributed by atoms with van der Waals surface area (Å²) < 4.78 is 18.3. The summed E-state index contributed by atoms with van der Waals surface area (Å²) in [6.45, 7) is 7.24. The molecule has 0 aliphatic rings. The Morgan fingerprint density at radius 2 is 1.59 bits per heavy atom. The lowest BCUT2D eigenvalue weighted by molar-refractivity contribution is -0.127. The molecule has 0 aliphatic heterocycles. The normalized spacial score (nSPS) is 11.1. The third-order valence-corrected chi connectivity index (χ3v) is 2.21. The molecule has 0 saturated heterocycles. The third kappa shape index (κ3) is 12.1. The van der Waals surface area contributed by atoms with Gasteiger partial charge in [-0.3, -0.25) is 9.52 Å². The van der Waals surface area contributed by atoms with Crippen LogP contribution in [0.25, 0.3) is 0 Å². The number of nitrogens with one attached hydrogen (secondary N) is 1. The number of thiol groups is 1. The Balaban J connectivity index is 3.06. The van der Waals surface area contributed by atoms with Gasteiger partial charge in [0.25, 0.3) is 0 Å². The van der Waals surface area contributed by atoms with Gasteiger partial charge in [0.1, 0.15) is 6.61 Å². The monoisotopic (exact) mass is 265 g/mol. The van der Waals surface area contributed by atoms with Crippen LogP contribution in [-0.4, -0.2) is 52.0 Å². The molecule has 0 aliphatic carbocycles. The quantitative estimate of drug-likeness (QED) is 0.402. The molecule has 0 rings (SSSR count). The van der Waals surface area contributed by atoms with Gasteiger partial charge in [-0.05, 0) is 0 Å². The minimum absolute atomic E-state index is 0.0322. The summed E-state index contributed by atoms with van der Waals surface area (Å²) >= 11 is 3.83. The molecule has 0 fully saturated rings. The molecule has 0 heterocycles. The molecular weight excluding hydrogens is 242 g/mol. The van der Waals surface area contributed by atoms with Crippen LogP contribution in [0.1, 0.15) is 13.8 Å². The number of ether oxygens (including phenoxy) is 3. The first kappa shape index (κ1) is 16.9. The van der Waals surface area contributed by atoms with Crippen LogP contribution in [0.15, 0.2) is 0 Å². The summed E-state index contributed by atoms with van der Waals surface area (Å²) in [5.41, 5.74) is 0. The van der Waals surface area contributed by atoms with Gasteiger partial charge in [0.15, 0.2) is 5.78 Å². The highest BCUT2D eigenvalue weighted by molar-refractivity contribution is 7.78. The van der Waals surface area contributed by atoms with E-state index in [1.807, 2.05) is 13.8 Å². The first-order valence-corrected chi connectivity index (χ1v) is 6.26. The average molecular weight is 265 g/mol. The molecule has 6 heteroatoms. The number of hydrogen-bond donors (Lipinski definition) is 2. The molecule has 0 atom stereocenters. The highest BCUT2D eigenvalue weighted by atomic mass is 32.1. The van der Waals surface area contributed by atoms with Crippen molar-refractivity contribution in [2.45, 2.75) is 13.8 Å². The van der Waals surface area contributed by atoms with Crippen molar-refractivity contribution in [3.8, 4) is 0 Å². The zero-order valence-electron chi connectivity index (χ0n) is 10.6. The highest BCUT2D eigenvalue weighted by Crippen LogP contribution is 1.94. The van der Waals surface area contributed by atoms with Gasteiger partial charge in [-0.15, -0.1) is 0 Å². The van der Waals surface area contributed by atoms with Crippen LogP contribution in [0.4, 0.5) is 0 Å². The van der Waals surface area contributed by atoms with E-state index in [1.54, 1.807) is 0 Å². The van der Waals surface area contributed by atoms with Crippen LogP contribution < -0.4 is 4.72 Å². The first-order chi connectivity index (χ1) is 8.18. The van der Waals surface area contributed by atoms with E-state index in [1.165, 1.54) is 0 Å². The van der Waals surface area contributed by atoms with Crippen LogP contribution >= 0.6 is 12.8 Å². The standard InChI is InChI=1S/C11H23NO4S/c1-10(2)11(13)9-16-8-7-15-6-5-14-4-3-12-17/h10,12,17H,3-9H2,1-2H3. The predicted molar refractivity (Wildman–Crippen MR) is 69.3 cm³/mol. The molecule has 0 radical (unpaired) electrons. The van der Waals surface area contributed by atoms with Crippen LogP contribution in [0.2, 0.25) is 0 Å². The summed E-state index contributed by atoms with van der Waals surface area (Å²) in [5, 5.41) is 0. The van der Waals surface area contributed by atoms with Crippen molar-refractivity contribution in [2.75, 3.05) is 46.2 Å². The van der Waals surface area contributed by atoms with Crippen molar-refractivity contribution in [1.29, 1.82) is 0 Å². The van der Waals surface area contributed by atoms with E-state index in [4.69, 9.17) is 14.2 Å². The maximum atomic E-state index is 11.2. The van der Waals surface area contributed by atoms with Gasteiger partial charge in [-0.2, -0.15) is 0 Å². The Hall–Kier alpha value is -0.140. The van der Waals surface area contributed by atoms with Crippen molar-refractivity contribution < 1.29 is 19.0 Å². The maximum Gasteiger partial charge on any atom is 0.160 e. The Kier molecular flexibility index (Phi) is 12.2. The minimum Gasteiger partial charge on any atom is -0.378 e. The minimum atomic E-state index is 0.0322. The fraction of sp³-hybridized carbons (Fsp3) is 0.909. The van der Waals surface area contributed by atoms with E-state index in [0.717, 1.165) is 0 Å². The maximum absolute atomic E-state index is 11.2. The molecule has 17 heavy (non-hydrogen) atoms. The topological polar surface area (TPSA) is 56.8 Å². The lowest BCUT2D eigenvalue weighted by Crippen LogP contribution is -2.17. The molecular formula is C11H23NO4S. The van der Waals surface area contributed by atoms with Gasteiger partial charge in [0.2, 0.25) is 0 Å². The molecule has 5 nitrogen and oxygen atoms in total. The smallest absolute Gasteiger partial charge is 0.160 e. The van der Waals surface area contributed by atoms with Crippen molar-refractivity contribution in [3.05, 3.63) is 0 Å². The molecule has 0 bridgehead atoms. The number of Topliss-reactive ketones (excluding diaryl/α,β-unsaturated/α-hetero) is 1. The average Bonchev–Trinajstić information content (AvgIpc) is 2.31. The zero-order chi connectivity index (χ0) is 12.9. The lowest BCUT2D eigenvalue weighted by atomic mass is 10.1. The molecule has 0 aromatic carbocycles. The summed E-state index contributed by atoms with van der Waals surface area (Å²) in [6.07, 6.45) is 0. The molecule has 0 saturated carbocycles. The number of ketones is 1. The van der Waals surface area contributed by atoms with Gasteiger partial charge in [0, 0.05) is 12.5 Å². The molecule has 0 unspecified atom stereocenters. The van der Waals surface area contributed by atoms with E-state index in [9.17, 15) is 4.79 Å². The summed E-state index contributed by atoms with van der Waals surface area (Å²) in [6, 6.07) is 0. The van der Waals surface area contributed by atoms with E-state index in [0.29, 0.717) is 39.6 Å². The summed E-state index contributed by atoms with van der Waals surface area (Å²) in [4.78, 5) is 11.2. The van der Waals surface area contributed by atoms with Crippen LogP contribution in [0.5, 0.6) is 0 Å². The Labute approximate surface area is 109 Å². The fourth-order valence-electron chi connectivity index (χ4n) is 0.897. The fourth-order valence-corrected chi connectivity index (χ4v) is 0.988. The number of rotatable bonds is 12. The number of carbonyl (C=O) groups is 1. The van der Waals surface area contributed by atoms with E-state index in [-0.39, 0.29) is 18.3 Å².